The standard InChI is InChI=1S/C22H17BrF3NO2/c1-13-10-20-18(21(28)11-13)12-19(14-2-4-15(23)5-3-14)27(20)16-6-8-17(9-7-16)29-22(24,25)26/h2-9,12-13H,10-11H2,1H3/t13-/m1/s1. The summed E-state index contributed by atoms with van der Waals surface area (Å²) >= 11 is 3.42. The molecule has 0 saturated heterocycles. The highest BCUT2D eigenvalue weighted by Crippen LogP contribution is 2.36. The number of hydrogen-bond acceptors (Lipinski definition) is 2. The van der Waals surface area contributed by atoms with E-state index in [4.69, 9.17) is 0 Å². The third-order valence-electron chi connectivity index (χ3n) is 4.95. The summed E-state index contributed by atoms with van der Waals surface area (Å²) in [5, 5.41) is 0. The summed E-state index contributed by atoms with van der Waals surface area (Å²) in [7, 11) is 0. The molecule has 7 heteroatoms. The molecule has 2 aromatic carbocycles. The highest BCUT2D eigenvalue weighted by atomic mass is 79.9. The number of Topliss-reactive ketones (excluding diaryl/α,β-unsaturated/α-hetero) is 1. The van der Waals surface area contributed by atoms with E-state index in [0.29, 0.717) is 17.7 Å². The maximum absolute atomic E-state index is 12.6. The molecule has 3 nitrogen and oxygen atoms in total. The number of rotatable bonds is 3. The predicted octanol–water partition coefficient (Wildman–Crippen LogP) is 6.57. The highest BCUT2D eigenvalue weighted by molar-refractivity contribution is 9.10. The zero-order chi connectivity index (χ0) is 20.8. The summed E-state index contributed by atoms with van der Waals surface area (Å²) in [6, 6.07) is 15.3. The van der Waals surface area contributed by atoms with Crippen LogP contribution in [0.1, 0.15) is 29.4 Å². The molecule has 150 valence electrons. The minimum Gasteiger partial charge on any atom is -0.406 e. The molecular weight excluding hydrogens is 447 g/mol. The van der Waals surface area contributed by atoms with Crippen molar-refractivity contribution >= 4 is 21.7 Å². The lowest BCUT2D eigenvalue weighted by molar-refractivity contribution is -0.274. The largest absolute Gasteiger partial charge is 0.573 e. The predicted molar refractivity (Wildman–Crippen MR) is 107 cm³/mol. The Morgan fingerprint density at radius 2 is 1.69 bits per heavy atom. The molecule has 0 N–H and O–H groups in total. The van der Waals surface area contributed by atoms with Gasteiger partial charge >= 0.3 is 6.36 Å². The van der Waals surface area contributed by atoms with Gasteiger partial charge in [-0.25, -0.2) is 0 Å². The first kappa shape index (κ1) is 19.8. The van der Waals surface area contributed by atoms with Crippen molar-refractivity contribution in [3.63, 3.8) is 0 Å². The number of benzene rings is 2. The van der Waals surface area contributed by atoms with E-state index in [1.807, 2.05) is 41.8 Å². The molecule has 0 saturated carbocycles. The number of hydrogen-bond donors (Lipinski definition) is 0. The summed E-state index contributed by atoms with van der Waals surface area (Å²) in [4.78, 5) is 12.6. The van der Waals surface area contributed by atoms with Crippen LogP contribution >= 0.6 is 15.9 Å². The molecule has 1 aliphatic rings. The molecule has 0 aliphatic heterocycles. The topological polar surface area (TPSA) is 31.2 Å². The minimum atomic E-state index is -4.74. The van der Waals surface area contributed by atoms with Crippen LogP contribution in [0.4, 0.5) is 13.2 Å². The molecule has 0 radical (unpaired) electrons. The summed E-state index contributed by atoms with van der Waals surface area (Å²) in [6.07, 6.45) is -3.52. The monoisotopic (exact) mass is 463 g/mol. The van der Waals surface area contributed by atoms with Crippen molar-refractivity contribution in [2.24, 2.45) is 5.92 Å². The summed E-state index contributed by atoms with van der Waals surface area (Å²) in [5.41, 5.74) is 3.99. The summed E-state index contributed by atoms with van der Waals surface area (Å²) < 4.78 is 44.3. The Hall–Kier alpha value is -2.54. The van der Waals surface area contributed by atoms with Gasteiger partial charge in [0.2, 0.25) is 0 Å². The fourth-order valence-corrected chi connectivity index (χ4v) is 4.01. The third-order valence-corrected chi connectivity index (χ3v) is 5.48. The zero-order valence-electron chi connectivity index (χ0n) is 15.5. The van der Waals surface area contributed by atoms with Gasteiger partial charge in [0.1, 0.15) is 5.75 Å². The fraction of sp³-hybridized carbons (Fsp3) is 0.227. The van der Waals surface area contributed by atoms with Crippen molar-refractivity contribution in [1.82, 2.24) is 4.57 Å². The Kier molecular flexibility index (Phi) is 5.02. The van der Waals surface area contributed by atoms with Gasteiger partial charge in [0, 0.05) is 27.8 Å². The van der Waals surface area contributed by atoms with Gasteiger partial charge in [0.05, 0.1) is 5.69 Å². The second-order valence-corrected chi connectivity index (χ2v) is 8.13. The lowest BCUT2D eigenvalue weighted by Crippen LogP contribution is -2.19. The lowest BCUT2D eigenvalue weighted by atomic mass is 9.88. The summed E-state index contributed by atoms with van der Waals surface area (Å²) in [6.45, 7) is 2.03. The molecule has 1 heterocycles. The Bertz CT molecular complexity index is 1050. The average molecular weight is 464 g/mol. The third kappa shape index (κ3) is 4.10. The van der Waals surface area contributed by atoms with Crippen LogP contribution in [0.25, 0.3) is 16.9 Å². The molecular formula is C22H17BrF3NO2. The van der Waals surface area contributed by atoms with Crippen LogP contribution in [0.15, 0.2) is 59.1 Å². The maximum atomic E-state index is 12.6. The van der Waals surface area contributed by atoms with E-state index in [-0.39, 0.29) is 17.5 Å². The number of alkyl halides is 3. The molecule has 1 aromatic heterocycles. The molecule has 0 spiro atoms. The van der Waals surface area contributed by atoms with Crippen LogP contribution < -0.4 is 4.74 Å². The lowest BCUT2D eigenvalue weighted by Gasteiger charge is -2.21. The van der Waals surface area contributed by atoms with Crippen molar-refractivity contribution in [3.05, 3.63) is 70.3 Å². The van der Waals surface area contributed by atoms with Crippen molar-refractivity contribution in [2.45, 2.75) is 26.1 Å². The van der Waals surface area contributed by atoms with Crippen LogP contribution in [0.5, 0.6) is 5.75 Å². The van der Waals surface area contributed by atoms with Crippen LogP contribution in [0.2, 0.25) is 0 Å². The normalized spacial score (nSPS) is 16.6. The van der Waals surface area contributed by atoms with E-state index in [9.17, 15) is 18.0 Å². The van der Waals surface area contributed by atoms with Crippen LogP contribution in [0.3, 0.4) is 0 Å². The van der Waals surface area contributed by atoms with E-state index in [1.165, 1.54) is 12.1 Å². The molecule has 0 amide bonds. The molecule has 3 aromatic rings. The number of aromatic nitrogens is 1. The van der Waals surface area contributed by atoms with Gasteiger partial charge < -0.3 is 9.30 Å². The molecule has 0 unspecified atom stereocenters. The number of nitrogens with zero attached hydrogens (tertiary/aromatic N) is 1. The first-order chi connectivity index (χ1) is 13.7. The second-order valence-electron chi connectivity index (χ2n) is 7.21. The Balaban J connectivity index is 1.85. The molecule has 29 heavy (non-hydrogen) atoms. The van der Waals surface area contributed by atoms with Crippen molar-refractivity contribution < 1.29 is 22.7 Å². The van der Waals surface area contributed by atoms with Gasteiger partial charge in [0.15, 0.2) is 5.78 Å². The number of carbonyl (C=O) groups excluding carboxylic acids is 1. The Morgan fingerprint density at radius 3 is 2.31 bits per heavy atom. The van der Waals surface area contributed by atoms with Gasteiger partial charge in [-0.15, -0.1) is 13.2 Å². The van der Waals surface area contributed by atoms with E-state index in [2.05, 4.69) is 20.7 Å². The first-order valence-corrected chi connectivity index (χ1v) is 9.90. The average Bonchev–Trinajstić information content (AvgIpc) is 3.01. The van der Waals surface area contributed by atoms with E-state index in [0.717, 1.165) is 27.8 Å². The molecule has 0 bridgehead atoms. The fourth-order valence-electron chi connectivity index (χ4n) is 3.75. The number of carbonyl (C=O) groups is 1. The van der Waals surface area contributed by atoms with E-state index < -0.39 is 6.36 Å². The Labute approximate surface area is 174 Å². The molecule has 1 aliphatic carbocycles. The highest BCUT2D eigenvalue weighted by Gasteiger charge is 2.31. The van der Waals surface area contributed by atoms with Gasteiger partial charge in [-0.3, -0.25) is 4.79 Å². The smallest absolute Gasteiger partial charge is 0.406 e. The quantitative estimate of drug-likeness (QED) is 0.439. The van der Waals surface area contributed by atoms with Crippen LogP contribution in [-0.2, 0) is 6.42 Å². The number of ether oxygens (including phenoxy) is 1. The molecule has 4 rings (SSSR count). The van der Waals surface area contributed by atoms with E-state index in [1.54, 1.807) is 12.1 Å². The minimum absolute atomic E-state index is 0.0906. The van der Waals surface area contributed by atoms with Crippen molar-refractivity contribution in [1.29, 1.82) is 0 Å². The molecule has 0 fully saturated rings. The molecule has 1 atom stereocenters. The van der Waals surface area contributed by atoms with Crippen LogP contribution in [-0.4, -0.2) is 16.7 Å². The number of ketones is 1. The Morgan fingerprint density at radius 1 is 1.03 bits per heavy atom. The maximum Gasteiger partial charge on any atom is 0.573 e. The van der Waals surface area contributed by atoms with Crippen LogP contribution in [0, 0.1) is 5.92 Å². The second kappa shape index (κ2) is 7.37. The first-order valence-electron chi connectivity index (χ1n) is 9.11. The number of halogens is 4. The summed E-state index contributed by atoms with van der Waals surface area (Å²) in [5.74, 6) is 0.0130. The van der Waals surface area contributed by atoms with Gasteiger partial charge in [-0.05, 0) is 60.4 Å². The van der Waals surface area contributed by atoms with E-state index >= 15 is 0 Å². The number of fused-ring (bicyclic) bond motifs is 1. The van der Waals surface area contributed by atoms with Gasteiger partial charge in [-0.2, -0.15) is 0 Å². The van der Waals surface area contributed by atoms with Crippen molar-refractivity contribution in [2.75, 3.05) is 0 Å². The van der Waals surface area contributed by atoms with Crippen molar-refractivity contribution in [3.8, 4) is 22.7 Å². The van der Waals surface area contributed by atoms with Gasteiger partial charge in [0.25, 0.3) is 0 Å². The van der Waals surface area contributed by atoms with Gasteiger partial charge in [-0.1, -0.05) is 35.0 Å². The SMILES string of the molecule is C[C@H]1CC(=O)c2cc(-c3ccc(Br)cc3)n(-c3ccc(OC(F)(F)F)cc3)c2C1. The zero-order valence-corrected chi connectivity index (χ0v) is 17.0.